The molecule has 1 aromatic rings. The second-order valence-corrected chi connectivity index (χ2v) is 6.68. The molecule has 1 aliphatic rings. The average molecular weight is 305 g/mol. The molecule has 4 heteroatoms. The number of benzene rings is 1. The SMILES string of the molecule is COc1ccc(CN(CCN)[C@@H]2C[C@@H](C)N(C)C[C@@H]2C)cc1. The van der Waals surface area contributed by atoms with E-state index in [-0.39, 0.29) is 0 Å². The van der Waals surface area contributed by atoms with E-state index >= 15 is 0 Å². The smallest absolute Gasteiger partial charge is 0.118 e. The molecule has 2 rings (SSSR count). The molecular weight excluding hydrogens is 274 g/mol. The van der Waals surface area contributed by atoms with E-state index in [0.29, 0.717) is 24.5 Å². The monoisotopic (exact) mass is 305 g/mol. The van der Waals surface area contributed by atoms with Gasteiger partial charge in [-0.25, -0.2) is 0 Å². The van der Waals surface area contributed by atoms with Crippen LogP contribution in [-0.4, -0.2) is 55.7 Å². The lowest BCUT2D eigenvalue weighted by molar-refractivity contribution is 0.0428. The fourth-order valence-corrected chi connectivity index (χ4v) is 3.52. The first kappa shape index (κ1) is 17.3. The molecular formula is C18H31N3O. The summed E-state index contributed by atoms with van der Waals surface area (Å²) < 4.78 is 5.24. The van der Waals surface area contributed by atoms with Crippen molar-refractivity contribution in [1.29, 1.82) is 0 Å². The van der Waals surface area contributed by atoms with Crippen molar-refractivity contribution in [1.82, 2.24) is 9.80 Å². The lowest BCUT2D eigenvalue weighted by Gasteiger charge is -2.45. The molecule has 2 N–H and O–H groups in total. The third-order valence-electron chi connectivity index (χ3n) is 5.00. The number of ether oxygens (including phenoxy) is 1. The molecule has 0 aliphatic carbocycles. The van der Waals surface area contributed by atoms with Crippen LogP contribution in [0.5, 0.6) is 5.75 Å². The molecule has 0 bridgehead atoms. The minimum Gasteiger partial charge on any atom is -0.497 e. The van der Waals surface area contributed by atoms with Crippen molar-refractivity contribution in [3.63, 3.8) is 0 Å². The van der Waals surface area contributed by atoms with E-state index in [1.807, 2.05) is 12.1 Å². The van der Waals surface area contributed by atoms with Crippen LogP contribution in [0.15, 0.2) is 24.3 Å². The Hall–Kier alpha value is -1.10. The van der Waals surface area contributed by atoms with Gasteiger partial charge in [0.2, 0.25) is 0 Å². The normalized spacial score (nSPS) is 26.4. The zero-order valence-electron chi connectivity index (χ0n) is 14.5. The number of likely N-dealkylation sites (tertiary alicyclic amines) is 1. The largest absolute Gasteiger partial charge is 0.497 e. The van der Waals surface area contributed by atoms with Crippen molar-refractivity contribution in [2.75, 3.05) is 33.8 Å². The Morgan fingerprint density at radius 1 is 1.27 bits per heavy atom. The van der Waals surface area contributed by atoms with Gasteiger partial charge in [-0.2, -0.15) is 0 Å². The van der Waals surface area contributed by atoms with Crippen LogP contribution in [0.2, 0.25) is 0 Å². The number of rotatable bonds is 6. The maximum absolute atomic E-state index is 5.87. The minimum absolute atomic E-state index is 0.608. The van der Waals surface area contributed by atoms with E-state index in [0.717, 1.165) is 25.4 Å². The standard InChI is InChI=1S/C18H31N3O/c1-14-12-20(3)15(2)11-18(14)21(10-9-19)13-16-5-7-17(22-4)8-6-16/h5-8,14-15,18H,9-13,19H2,1-4H3/t14-,15+,18+/m0/s1. The van der Waals surface area contributed by atoms with Crippen molar-refractivity contribution in [3.05, 3.63) is 29.8 Å². The van der Waals surface area contributed by atoms with Crippen LogP contribution in [0, 0.1) is 5.92 Å². The highest BCUT2D eigenvalue weighted by Crippen LogP contribution is 2.26. The van der Waals surface area contributed by atoms with E-state index in [1.54, 1.807) is 7.11 Å². The number of piperidine rings is 1. The van der Waals surface area contributed by atoms with E-state index in [4.69, 9.17) is 10.5 Å². The van der Waals surface area contributed by atoms with Gasteiger partial charge in [-0.15, -0.1) is 0 Å². The quantitative estimate of drug-likeness (QED) is 0.875. The van der Waals surface area contributed by atoms with Crippen LogP contribution < -0.4 is 10.5 Å². The second kappa shape index (κ2) is 7.95. The van der Waals surface area contributed by atoms with Crippen molar-refractivity contribution >= 4 is 0 Å². The highest BCUT2D eigenvalue weighted by atomic mass is 16.5. The summed E-state index contributed by atoms with van der Waals surface area (Å²) in [5, 5.41) is 0. The molecule has 1 aromatic carbocycles. The Kier molecular flexibility index (Phi) is 6.24. The molecule has 0 unspecified atom stereocenters. The van der Waals surface area contributed by atoms with Crippen molar-refractivity contribution in [2.24, 2.45) is 11.7 Å². The van der Waals surface area contributed by atoms with E-state index < -0.39 is 0 Å². The molecule has 0 aromatic heterocycles. The summed E-state index contributed by atoms with van der Waals surface area (Å²) in [4.78, 5) is 5.03. The molecule has 124 valence electrons. The lowest BCUT2D eigenvalue weighted by Crippen LogP contribution is -2.53. The van der Waals surface area contributed by atoms with Gasteiger partial charge in [0.05, 0.1) is 7.11 Å². The van der Waals surface area contributed by atoms with Crippen molar-refractivity contribution < 1.29 is 4.74 Å². The molecule has 3 atom stereocenters. The second-order valence-electron chi connectivity index (χ2n) is 6.68. The van der Waals surface area contributed by atoms with Crippen LogP contribution in [0.4, 0.5) is 0 Å². The third-order valence-corrected chi connectivity index (χ3v) is 5.00. The Morgan fingerprint density at radius 3 is 2.55 bits per heavy atom. The van der Waals surface area contributed by atoms with Gasteiger partial charge >= 0.3 is 0 Å². The minimum atomic E-state index is 0.608. The predicted molar refractivity (Wildman–Crippen MR) is 92.1 cm³/mol. The summed E-state index contributed by atoms with van der Waals surface area (Å²) >= 11 is 0. The van der Waals surface area contributed by atoms with Crippen LogP contribution >= 0.6 is 0 Å². The van der Waals surface area contributed by atoms with Gasteiger partial charge in [0, 0.05) is 38.3 Å². The van der Waals surface area contributed by atoms with E-state index in [2.05, 4.69) is 42.8 Å². The zero-order valence-corrected chi connectivity index (χ0v) is 14.5. The molecule has 1 heterocycles. The number of hydrogen-bond acceptors (Lipinski definition) is 4. The van der Waals surface area contributed by atoms with Gasteiger partial charge in [0.1, 0.15) is 5.75 Å². The maximum atomic E-state index is 5.87. The van der Waals surface area contributed by atoms with Crippen LogP contribution in [0.3, 0.4) is 0 Å². The molecule has 22 heavy (non-hydrogen) atoms. The first-order valence-electron chi connectivity index (χ1n) is 8.32. The molecule has 0 amide bonds. The van der Waals surface area contributed by atoms with Crippen LogP contribution in [0.25, 0.3) is 0 Å². The molecule has 0 saturated carbocycles. The maximum Gasteiger partial charge on any atom is 0.118 e. The third kappa shape index (κ3) is 4.22. The molecule has 1 saturated heterocycles. The van der Waals surface area contributed by atoms with Gasteiger partial charge in [-0.05, 0) is 44.0 Å². The molecule has 0 radical (unpaired) electrons. The Labute approximate surface area is 135 Å². The van der Waals surface area contributed by atoms with Gasteiger partial charge in [-0.3, -0.25) is 4.90 Å². The highest BCUT2D eigenvalue weighted by molar-refractivity contribution is 5.27. The van der Waals surface area contributed by atoms with Gasteiger partial charge in [0.25, 0.3) is 0 Å². The topological polar surface area (TPSA) is 41.7 Å². The summed E-state index contributed by atoms with van der Waals surface area (Å²) in [5.74, 6) is 1.58. The molecule has 1 aliphatic heterocycles. The summed E-state index contributed by atoms with van der Waals surface area (Å²) in [5.41, 5.74) is 7.20. The Bertz CT molecular complexity index is 448. The molecule has 1 fully saturated rings. The highest BCUT2D eigenvalue weighted by Gasteiger charge is 2.32. The number of nitrogens with zero attached hydrogens (tertiary/aromatic N) is 2. The first-order chi connectivity index (χ1) is 10.5. The summed E-state index contributed by atoms with van der Waals surface area (Å²) in [6.07, 6.45) is 1.22. The number of methoxy groups -OCH3 is 1. The van der Waals surface area contributed by atoms with Gasteiger partial charge in [-0.1, -0.05) is 19.1 Å². The predicted octanol–water partition coefficient (Wildman–Crippen LogP) is 2.18. The zero-order chi connectivity index (χ0) is 16.1. The Morgan fingerprint density at radius 2 is 1.95 bits per heavy atom. The van der Waals surface area contributed by atoms with Crippen molar-refractivity contribution in [2.45, 2.75) is 38.9 Å². The summed E-state index contributed by atoms with van der Waals surface area (Å²) in [6, 6.07) is 9.64. The molecule has 4 nitrogen and oxygen atoms in total. The van der Waals surface area contributed by atoms with Crippen LogP contribution in [0.1, 0.15) is 25.8 Å². The van der Waals surface area contributed by atoms with Crippen molar-refractivity contribution in [3.8, 4) is 5.75 Å². The lowest BCUT2D eigenvalue weighted by atomic mass is 9.88. The van der Waals surface area contributed by atoms with Gasteiger partial charge < -0.3 is 15.4 Å². The average Bonchev–Trinajstić information content (AvgIpc) is 2.51. The van der Waals surface area contributed by atoms with E-state index in [9.17, 15) is 0 Å². The Balaban J connectivity index is 2.07. The van der Waals surface area contributed by atoms with Gasteiger partial charge in [0.15, 0.2) is 0 Å². The van der Waals surface area contributed by atoms with Crippen LogP contribution in [-0.2, 0) is 6.54 Å². The summed E-state index contributed by atoms with van der Waals surface area (Å²) in [7, 11) is 3.94. The molecule has 0 spiro atoms. The van der Waals surface area contributed by atoms with E-state index in [1.165, 1.54) is 12.0 Å². The first-order valence-corrected chi connectivity index (χ1v) is 8.32. The number of hydrogen-bond donors (Lipinski definition) is 1. The number of nitrogens with two attached hydrogens (primary N) is 1. The fourth-order valence-electron chi connectivity index (χ4n) is 3.52. The summed E-state index contributed by atoms with van der Waals surface area (Å²) in [6.45, 7) is 8.49. The fraction of sp³-hybridized carbons (Fsp3) is 0.667.